The first-order chi connectivity index (χ1) is 8.65. The van der Waals surface area contributed by atoms with Crippen LogP contribution in [0.2, 0.25) is 0 Å². The Morgan fingerprint density at radius 1 is 1.22 bits per heavy atom. The molecule has 0 fully saturated rings. The van der Waals surface area contributed by atoms with Crippen molar-refractivity contribution >= 4 is 27.9 Å². The van der Waals surface area contributed by atoms with E-state index < -0.39 is 0 Å². The smallest absolute Gasteiger partial charge is 0.216 e. The maximum atomic E-state index is 11.8. The Kier molecular flexibility index (Phi) is 3.89. The van der Waals surface area contributed by atoms with E-state index in [0.717, 1.165) is 4.47 Å². The molecular weight excluding hydrogens is 294 g/mol. The van der Waals surface area contributed by atoms with Crippen molar-refractivity contribution in [2.45, 2.75) is 0 Å². The summed E-state index contributed by atoms with van der Waals surface area (Å²) in [5, 5.41) is 9.28. The summed E-state index contributed by atoms with van der Waals surface area (Å²) < 4.78 is 2.55. The van der Waals surface area contributed by atoms with Crippen molar-refractivity contribution in [3.63, 3.8) is 0 Å². The molecule has 0 spiro atoms. The van der Waals surface area contributed by atoms with Crippen LogP contribution in [0.4, 0.5) is 0 Å². The van der Waals surface area contributed by atoms with Crippen LogP contribution < -0.4 is 4.57 Å². The van der Waals surface area contributed by atoms with Gasteiger partial charge in [0.15, 0.2) is 23.9 Å². The highest BCUT2D eigenvalue weighted by atomic mass is 79.9. The highest BCUT2D eigenvalue weighted by molar-refractivity contribution is 9.10. The Morgan fingerprint density at radius 2 is 1.94 bits per heavy atom. The molecule has 1 aromatic heterocycles. The maximum absolute atomic E-state index is 11.8. The maximum Gasteiger partial charge on any atom is 0.216 e. The lowest BCUT2D eigenvalue weighted by molar-refractivity contribution is -0.568. The molecule has 2 aromatic rings. The number of hydrogen-bond acceptors (Lipinski definition) is 2. The number of rotatable bonds is 3. The number of benzene rings is 1. The van der Waals surface area contributed by atoms with Gasteiger partial charge in [0, 0.05) is 16.1 Å². The third-order valence-electron chi connectivity index (χ3n) is 2.33. The van der Waals surface area contributed by atoms with Gasteiger partial charge in [-0.2, -0.15) is 4.57 Å². The molecule has 0 saturated heterocycles. The van der Waals surface area contributed by atoms with Gasteiger partial charge in [-0.15, -0.1) is 0 Å². The molecular formula is C14H11BrNO2+. The minimum absolute atomic E-state index is 0.0849. The minimum atomic E-state index is -0.0849. The van der Waals surface area contributed by atoms with Crippen molar-refractivity contribution < 1.29 is 14.5 Å². The third kappa shape index (κ3) is 3.28. The number of halogens is 1. The molecule has 1 aromatic carbocycles. The SMILES string of the molecule is O=C(C=C[n+]1cccc(O)c1)c1ccc(Br)cc1. The first-order valence-electron chi connectivity index (χ1n) is 5.33. The normalized spacial score (nSPS) is 10.7. The van der Waals surface area contributed by atoms with Crippen molar-refractivity contribution in [3.05, 3.63) is 64.9 Å². The largest absolute Gasteiger partial charge is 0.503 e. The molecule has 0 aliphatic rings. The van der Waals surface area contributed by atoms with Gasteiger partial charge in [0.25, 0.3) is 0 Å². The van der Waals surface area contributed by atoms with E-state index in [0.29, 0.717) is 5.56 Å². The minimum Gasteiger partial charge on any atom is -0.503 e. The highest BCUT2D eigenvalue weighted by Crippen LogP contribution is 2.11. The van der Waals surface area contributed by atoms with E-state index in [4.69, 9.17) is 0 Å². The molecule has 18 heavy (non-hydrogen) atoms. The monoisotopic (exact) mass is 304 g/mol. The van der Waals surface area contributed by atoms with E-state index in [1.807, 2.05) is 12.1 Å². The van der Waals surface area contributed by atoms with E-state index in [-0.39, 0.29) is 11.5 Å². The first-order valence-corrected chi connectivity index (χ1v) is 6.12. The molecule has 0 aliphatic carbocycles. The molecule has 1 heterocycles. The summed E-state index contributed by atoms with van der Waals surface area (Å²) in [6, 6.07) is 10.4. The molecule has 1 N–H and O–H groups in total. The van der Waals surface area contributed by atoms with Gasteiger partial charge in [0.2, 0.25) is 6.20 Å². The Bertz CT molecular complexity index is 591. The number of nitrogens with zero attached hydrogens (tertiary/aromatic N) is 1. The second kappa shape index (κ2) is 5.60. The molecule has 4 heteroatoms. The van der Waals surface area contributed by atoms with Crippen LogP contribution in [0.1, 0.15) is 10.4 Å². The fourth-order valence-electron chi connectivity index (χ4n) is 1.44. The van der Waals surface area contributed by atoms with Crippen molar-refractivity contribution in [3.8, 4) is 5.75 Å². The first kappa shape index (κ1) is 12.5. The summed E-state index contributed by atoms with van der Waals surface area (Å²) in [6.45, 7) is 0. The Balaban J connectivity index is 2.14. The van der Waals surface area contributed by atoms with Crippen molar-refractivity contribution in [2.24, 2.45) is 0 Å². The van der Waals surface area contributed by atoms with Gasteiger partial charge in [-0.3, -0.25) is 4.79 Å². The summed E-state index contributed by atoms with van der Waals surface area (Å²) in [6.07, 6.45) is 6.32. The predicted octanol–water partition coefficient (Wildman–Crippen LogP) is 2.80. The molecule has 2 rings (SSSR count). The third-order valence-corrected chi connectivity index (χ3v) is 2.86. The average Bonchev–Trinajstić information content (AvgIpc) is 2.37. The van der Waals surface area contributed by atoms with Crippen molar-refractivity contribution in [1.29, 1.82) is 0 Å². The lowest BCUT2D eigenvalue weighted by Gasteiger charge is -1.94. The summed E-state index contributed by atoms with van der Waals surface area (Å²) in [5.74, 6) is 0.0663. The Morgan fingerprint density at radius 3 is 2.61 bits per heavy atom. The van der Waals surface area contributed by atoms with Crippen molar-refractivity contribution in [2.75, 3.05) is 0 Å². The predicted molar refractivity (Wildman–Crippen MR) is 72.1 cm³/mol. The Hall–Kier alpha value is -1.94. The molecule has 0 saturated carbocycles. The topological polar surface area (TPSA) is 41.2 Å². The molecule has 90 valence electrons. The van der Waals surface area contributed by atoms with E-state index in [9.17, 15) is 9.90 Å². The fourth-order valence-corrected chi connectivity index (χ4v) is 1.70. The van der Waals surface area contributed by atoms with Crippen LogP contribution in [-0.4, -0.2) is 10.9 Å². The molecule has 0 atom stereocenters. The van der Waals surface area contributed by atoms with Gasteiger partial charge in [-0.25, -0.2) is 0 Å². The zero-order valence-corrected chi connectivity index (χ0v) is 11.0. The summed E-state index contributed by atoms with van der Waals surface area (Å²) in [7, 11) is 0. The molecule has 3 nitrogen and oxygen atoms in total. The number of carbonyl (C=O) groups excluding carboxylic acids is 1. The van der Waals surface area contributed by atoms with Gasteiger partial charge in [-0.05, 0) is 30.3 Å². The molecule has 0 bridgehead atoms. The number of hydrogen-bond donors (Lipinski definition) is 1. The molecule has 0 radical (unpaired) electrons. The van der Waals surface area contributed by atoms with Crippen LogP contribution >= 0.6 is 15.9 Å². The summed E-state index contributed by atoms with van der Waals surface area (Å²) in [5.41, 5.74) is 0.621. The average molecular weight is 305 g/mol. The number of allylic oxidation sites excluding steroid dienone is 1. The Labute approximate surface area is 113 Å². The highest BCUT2D eigenvalue weighted by Gasteiger charge is 2.03. The molecule has 0 amide bonds. The number of ketones is 1. The second-order valence-corrected chi connectivity index (χ2v) is 4.61. The lowest BCUT2D eigenvalue weighted by Crippen LogP contribution is -2.24. The van der Waals surface area contributed by atoms with Crippen LogP contribution in [0.25, 0.3) is 6.20 Å². The number of carbonyl (C=O) groups is 1. The zero-order chi connectivity index (χ0) is 13.0. The van der Waals surface area contributed by atoms with Crippen LogP contribution in [0, 0.1) is 0 Å². The number of pyridine rings is 1. The van der Waals surface area contributed by atoms with E-state index in [1.54, 1.807) is 41.2 Å². The zero-order valence-electron chi connectivity index (χ0n) is 9.45. The molecule has 0 aliphatic heterocycles. The van der Waals surface area contributed by atoms with Gasteiger partial charge in [0.1, 0.15) is 0 Å². The van der Waals surface area contributed by atoms with Gasteiger partial charge < -0.3 is 5.11 Å². The standard InChI is InChI=1S/C14H10BrNO2/c15-12-5-3-11(4-6-12)14(18)7-9-16-8-1-2-13(17)10-16/h1-10H/p+1. The molecule has 0 unspecified atom stereocenters. The lowest BCUT2D eigenvalue weighted by atomic mass is 10.1. The van der Waals surface area contributed by atoms with Crippen molar-refractivity contribution in [1.82, 2.24) is 0 Å². The summed E-state index contributed by atoms with van der Waals surface area (Å²) >= 11 is 3.32. The number of aromatic hydroxyl groups is 1. The van der Waals surface area contributed by atoms with Crippen LogP contribution in [0.15, 0.2) is 59.3 Å². The number of aromatic nitrogens is 1. The van der Waals surface area contributed by atoms with Crippen LogP contribution in [0.5, 0.6) is 5.75 Å². The fraction of sp³-hybridized carbons (Fsp3) is 0. The second-order valence-electron chi connectivity index (χ2n) is 3.70. The van der Waals surface area contributed by atoms with Gasteiger partial charge in [0.05, 0.1) is 6.08 Å². The van der Waals surface area contributed by atoms with Gasteiger partial charge in [-0.1, -0.05) is 15.9 Å². The van der Waals surface area contributed by atoms with E-state index in [1.165, 1.54) is 12.3 Å². The van der Waals surface area contributed by atoms with E-state index in [2.05, 4.69) is 15.9 Å². The van der Waals surface area contributed by atoms with E-state index >= 15 is 0 Å². The summed E-state index contributed by atoms with van der Waals surface area (Å²) in [4.78, 5) is 11.8. The van der Waals surface area contributed by atoms with Crippen LogP contribution in [0.3, 0.4) is 0 Å². The quantitative estimate of drug-likeness (QED) is 0.538. The van der Waals surface area contributed by atoms with Crippen LogP contribution in [-0.2, 0) is 0 Å². The van der Waals surface area contributed by atoms with Gasteiger partial charge >= 0.3 is 0 Å².